The summed E-state index contributed by atoms with van der Waals surface area (Å²) in [4.78, 5) is 10.8. The van der Waals surface area contributed by atoms with E-state index in [0.717, 1.165) is 0 Å². The molecule has 0 spiro atoms. The van der Waals surface area contributed by atoms with Gasteiger partial charge >= 0.3 is 5.97 Å². The number of rotatable bonds is 3. The molecule has 0 aliphatic carbocycles. The van der Waals surface area contributed by atoms with Gasteiger partial charge in [-0.3, -0.25) is 4.79 Å². The van der Waals surface area contributed by atoms with Crippen molar-refractivity contribution in [3.05, 3.63) is 26.6 Å². The summed E-state index contributed by atoms with van der Waals surface area (Å²) in [5.41, 5.74) is 6.22. The van der Waals surface area contributed by atoms with Gasteiger partial charge in [-0.25, -0.2) is 4.21 Å². The van der Waals surface area contributed by atoms with Crippen LogP contribution in [0.3, 0.4) is 0 Å². The number of halogens is 2. The molecule has 1 aromatic carbocycles. The van der Waals surface area contributed by atoms with Gasteiger partial charge in [0.1, 0.15) is 0 Å². The molecule has 0 radical (unpaired) electrons. The number of carbonyl (C=O) groups is 1. The van der Waals surface area contributed by atoms with Crippen molar-refractivity contribution < 1.29 is 18.7 Å². The Balaban J connectivity index is 3.32. The summed E-state index contributed by atoms with van der Waals surface area (Å²) < 4.78 is 20.8. The second kappa shape index (κ2) is 5.26. The Morgan fingerprint density at radius 1 is 1.38 bits per heavy atom. The molecule has 0 amide bonds. The summed E-state index contributed by atoms with van der Waals surface area (Å²) >= 11 is 3.78. The average molecular weight is 373 g/mol. The van der Waals surface area contributed by atoms with Crippen LogP contribution in [0.25, 0.3) is 0 Å². The fraction of sp³-hybridized carbons (Fsp3) is 0.125. The molecule has 0 aliphatic rings. The Hall–Kier alpha value is -0.440. The first-order valence-corrected chi connectivity index (χ1v) is 6.67. The van der Waals surface area contributed by atoms with Crippen LogP contribution in [0.5, 0.6) is 0 Å². The van der Waals surface area contributed by atoms with Gasteiger partial charge in [0.25, 0.3) is 0 Å². The molecule has 5 nitrogen and oxygen atoms in total. The van der Waals surface area contributed by atoms with Crippen LogP contribution >= 0.6 is 31.9 Å². The van der Waals surface area contributed by atoms with Crippen molar-refractivity contribution in [1.29, 1.82) is 0 Å². The zero-order valence-corrected chi connectivity index (χ0v) is 11.7. The normalized spacial score (nSPS) is 14.4. The monoisotopic (exact) mass is 371 g/mol. The highest BCUT2D eigenvalue weighted by atomic mass is 79.9. The summed E-state index contributed by atoms with van der Waals surface area (Å²) in [5.74, 6) is -1.37. The molecule has 0 aliphatic heterocycles. The first-order valence-electron chi connectivity index (χ1n) is 3.91. The number of hydrogen-bond acceptors (Lipinski definition) is 3. The molecule has 2 unspecified atom stereocenters. The first kappa shape index (κ1) is 13.6. The molecular weight excluding hydrogens is 366 g/mol. The van der Waals surface area contributed by atoms with Crippen LogP contribution in [0.1, 0.15) is 10.8 Å². The maximum absolute atomic E-state index is 10.9. The molecular formula is C8H7Br2NO4S. The zero-order valence-electron chi connectivity index (χ0n) is 7.68. The highest BCUT2D eigenvalue weighted by molar-refractivity contribution is 9.11. The Labute approximate surface area is 111 Å². The fourth-order valence-corrected chi connectivity index (χ4v) is 2.86. The molecule has 0 heterocycles. The van der Waals surface area contributed by atoms with E-state index >= 15 is 0 Å². The number of hydrogen-bond donors (Lipinski definition) is 3. The zero-order chi connectivity index (χ0) is 12.5. The van der Waals surface area contributed by atoms with Crippen LogP contribution in [-0.4, -0.2) is 19.8 Å². The second-order valence-corrected chi connectivity index (χ2v) is 5.63. The van der Waals surface area contributed by atoms with Crippen LogP contribution in [0.2, 0.25) is 0 Å². The van der Waals surface area contributed by atoms with E-state index in [0.29, 0.717) is 14.6 Å². The number of nitrogens with two attached hydrogens (primary N) is 1. The molecule has 2 atom stereocenters. The summed E-state index contributed by atoms with van der Waals surface area (Å²) in [6.45, 7) is 0. The van der Waals surface area contributed by atoms with Crippen LogP contribution in [0, 0.1) is 0 Å². The van der Waals surface area contributed by atoms with Gasteiger partial charge in [0, 0.05) is 8.95 Å². The predicted molar refractivity (Wildman–Crippen MR) is 67.4 cm³/mol. The fourth-order valence-electron chi connectivity index (χ4n) is 1.10. The van der Waals surface area contributed by atoms with Gasteiger partial charge in [0.05, 0.1) is 5.69 Å². The molecule has 0 bridgehead atoms. The quantitative estimate of drug-likeness (QED) is 0.557. The lowest BCUT2D eigenvalue weighted by molar-refractivity contribution is -0.136. The molecule has 0 saturated heterocycles. The Bertz CT molecular complexity index is 428. The highest BCUT2D eigenvalue weighted by Crippen LogP contribution is 2.33. The van der Waals surface area contributed by atoms with E-state index in [1.165, 1.54) is 12.1 Å². The number of carboxylic acid groups (broad SMARTS) is 1. The standard InChI is InChI=1S/C8H7Br2NO4S/c9-4-1-3(2-5(10)6(4)11)7(8(12)13)16(14)15/h1-2,7H,11H2,(H,12,13)(H,14,15). The Morgan fingerprint density at radius 2 is 1.81 bits per heavy atom. The minimum atomic E-state index is -2.49. The van der Waals surface area contributed by atoms with Crippen LogP contribution in [0.15, 0.2) is 21.1 Å². The van der Waals surface area contributed by atoms with E-state index in [4.69, 9.17) is 15.4 Å². The van der Waals surface area contributed by atoms with Gasteiger partial charge in [0.15, 0.2) is 16.3 Å². The lowest BCUT2D eigenvalue weighted by Crippen LogP contribution is -2.16. The van der Waals surface area contributed by atoms with E-state index in [1.807, 2.05) is 0 Å². The molecule has 8 heteroatoms. The maximum Gasteiger partial charge on any atom is 0.326 e. The number of nitrogen functional groups attached to an aromatic ring is 1. The molecule has 88 valence electrons. The lowest BCUT2D eigenvalue weighted by atomic mass is 10.1. The third-order valence-corrected chi connectivity index (χ3v) is 4.02. The van der Waals surface area contributed by atoms with E-state index in [9.17, 15) is 9.00 Å². The molecule has 0 aromatic heterocycles. The number of aliphatic carboxylic acids is 1. The van der Waals surface area contributed by atoms with Crippen LogP contribution in [0.4, 0.5) is 5.69 Å². The highest BCUT2D eigenvalue weighted by Gasteiger charge is 2.27. The summed E-state index contributed by atoms with van der Waals surface area (Å²) in [6, 6.07) is 2.82. The Morgan fingerprint density at radius 3 is 2.12 bits per heavy atom. The third kappa shape index (κ3) is 2.82. The number of carboxylic acids is 1. The molecule has 1 aromatic rings. The van der Waals surface area contributed by atoms with E-state index in [1.54, 1.807) is 0 Å². The number of benzene rings is 1. The van der Waals surface area contributed by atoms with Crippen molar-refractivity contribution >= 4 is 54.6 Å². The lowest BCUT2D eigenvalue weighted by Gasteiger charge is -2.11. The van der Waals surface area contributed by atoms with Crippen LogP contribution in [-0.2, 0) is 15.9 Å². The molecule has 0 saturated carbocycles. The number of anilines is 1. The summed E-state index contributed by atoms with van der Waals surface area (Å²) in [7, 11) is 0. The largest absolute Gasteiger partial charge is 0.480 e. The molecule has 1 rings (SSSR count). The minimum Gasteiger partial charge on any atom is -0.480 e. The Kier molecular flexibility index (Phi) is 4.48. The SMILES string of the molecule is Nc1c(Br)cc(C(C(=O)O)S(=O)O)cc1Br. The topological polar surface area (TPSA) is 101 Å². The minimum absolute atomic E-state index is 0.196. The molecule has 4 N–H and O–H groups in total. The van der Waals surface area contributed by atoms with Gasteiger partial charge in [-0.05, 0) is 49.6 Å². The van der Waals surface area contributed by atoms with Gasteiger partial charge < -0.3 is 15.4 Å². The van der Waals surface area contributed by atoms with Crippen molar-refractivity contribution in [3.8, 4) is 0 Å². The second-order valence-electron chi connectivity index (χ2n) is 2.89. The van der Waals surface area contributed by atoms with Crippen molar-refractivity contribution in [2.24, 2.45) is 0 Å². The van der Waals surface area contributed by atoms with Crippen molar-refractivity contribution in [2.75, 3.05) is 5.73 Å². The molecule has 16 heavy (non-hydrogen) atoms. The van der Waals surface area contributed by atoms with Crippen molar-refractivity contribution in [1.82, 2.24) is 0 Å². The van der Waals surface area contributed by atoms with Crippen LogP contribution < -0.4 is 5.73 Å². The van der Waals surface area contributed by atoms with Gasteiger partial charge in [0.2, 0.25) is 0 Å². The summed E-state index contributed by atoms with van der Waals surface area (Å²) in [5, 5.41) is 7.34. The maximum atomic E-state index is 10.9. The average Bonchev–Trinajstić information content (AvgIpc) is 2.12. The predicted octanol–water partition coefficient (Wildman–Crippen LogP) is 2.14. The summed E-state index contributed by atoms with van der Waals surface area (Å²) in [6.07, 6.45) is 0. The molecule has 0 fully saturated rings. The van der Waals surface area contributed by atoms with Crippen molar-refractivity contribution in [2.45, 2.75) is 5.25 Å². The van der Waals surface area contributed by atoms with Gasteiger partial charge in [-0.2, -0.15) is 0 Å². The third-order valence-electron chi connectivity index (χ3n) is 1.83. The van der Waals surface area contributed by atoms with E-state index in [-0.39, 0.29) is 5.56 Å². The van der Waals surface area contributed by atoms with E-state index < -0.39 is 22.3 Å². The first-order chi connectivity index (χ1) is 7.34. The van der Waals surface area contributed by atoms with E-state index in [2.05, 4.69) is 31.9 Å². The smallest absolute Gasteiger partial charge is 0.326 e. The van der Waals surface area contributed by atoms with Gasteiger partial charge in [-0.15, -0.1) is 0 Å². The van der Waals surface area contributed by atoms with Gasteiger partial charge in [-0.1, -0.05) is 0 Å². The van der Waals surface area contributed by atoms with Crippen molar-refractivity contribution in [3.63, 3.8) is 0 Å².